The Balaban J connectivity index is 0.00000281. The molecule has 0 spiro atoms. The van der Waals surface area contributed by atoms with Crippen LogP contribution in [-0.4, -0.2) is 3.21 Å². The van der Waals surface area contributed by atoms with Gasteiger partial charge in [-0.15, -0.1) is 24.8 Å². The van der Waals surface area contributed by atoms with Crippen LogP contribution >= 0.6 is 24.8 Å². The molecule has 50 heavy (non-hydrogen) atoms. The largest absolute Gasteiger partial charge is 0.147 e. The predicted molar refractivity (Wildman–Crippen MR) is 221 cm³/mol. The van der Waals surface area contributed by atoms with Gasteiger partial charge in [0.25, 0.3) is 0 Å². The Morgan fingerprint density at radius 1 is 0.660 bits per heavy atom. The Morgan fingerprint density at radius 2 is 1.22 bits per heavy atom. The Hall–Kier alpha value is -2.31. The quantitative estimate of drug-likeness (QED) is 0.132. The molecular weight excluding hydrogens is 727 g/mol. The number of hydrogen-bond acceptors (Lipinski definition) is 0. The maximum Gasteiger partial charge on any atom is -0.147 e. The van der Waals surface area contributed by atoms with Gasteiger partial charge in [0, 0.05) is 0 Å². The number of unbranched alkanes of at least 4 members (excludes halogenated alkanes) is 2. The molecule has 4 aromatic rings. The first-order valence-corrected chi connectivity index (χ1v) is 22.3. The molecule has 0 atom stereocenters. The van der Waals surface area contributed by atoms with Crippen molar-refractivity contribution in [2.45, 2.75) is 118 Å². The molecule has 2 aliphatic carbocycles. The molecule has 4 aromatic carbocycles. The molecule has 0 N–H and O–H groups in total. The van der Waals surface area contributed by atoms with Crippen molar-refractivity contribution < 1.29 is 21.3 Å². The monoisotopic (exact) mass is 782 g/mol. The van der Waals surface area contributed by atoms with E-state index in [-0.39, 0.29) is 35.6 Å². The molecule has 0 saturated heterocycles. The van der Waals surface area contributed by atoms with Gasteiger partial charge in [0.1, 0.15) is 0 Å². The Labute approximate surface area is 323 Å². The molecule has 0 aromatic heterocycles. The number of benzene rings is 4. The number of allylic oxidation sites excluding steroid dienone is 4. The maximum absolute atomic E-state index is 2.80. The Kier molecular flexibility index (Phi) is 13.8. The van der Waals surface area contributed by atoms with Gasteiger partial charge in [-0.1, -0.05) is 0 Å². The van der Waals surface area contributed by atoms with Gasteiger partial charge in [-0.3, -0.25) is 0 Å². The van der Waals surface area contributed by atoms with E-state index in [1.54, 1.807) is 20.9 Å². The van der Waals surface area contributed by atoms with Crippen LogP contribution in [0.1, 0.15) is 132 Å². The molecule has 0 amide bonds. The van der Waals surface area contributed by atoms with E-state index >= 15 is 0 Å². The van der Waals surface area contributed by atoms with Crippen LogP contribution < -0.4 is 3.27 Å². The fourth-order valence-corrected chi connectivity index (χ4v) is 16.6. The van der Waals surface area contributed by atoms with Gasteiger partial charge in [-0.05, 0) is 0 Å². The predicted octanol–water partition coefficient (Wildman–Crippen LogP) is 12.7. The van der Waals surface area contributed by atoms with Gasteiger partial charge in [-0.2, -0.15) is 0 Å². The summed E-state index contributed by atoms with van der Waals surface area (Å²) < 4.78 is 5.07. The number of hydrogen-bond donors (Lipinski definition) is 0. The molecule has 0 nitrogen and oxygen atoms in total. The summed E-state index contributed by atoms with van der Waals surface area (Å²) in [5.41, 5.74) is 15.0. The molecule has 0 bridgehead atoms. The van der Waals surface area contributed by atoms with E-state index in [1.807, 2.05) is 0 Å². The molecular formula is C47H58Cl2Zr. The van der Waals surface area contributed by atoms with Crippen LogP contribution in [0.15, 0.2) is 100 Å². The van der Waals surface area contributed by atoms with Crippen molar-refractivity contribution >= 4 is 31.3 Å². The summed E-state index contributed by atoms with van der Waals surface area (Å²) in [7, 11) is 0. The van der Waals surface area contributed by atoms with Crippen molar-refractivity contribution in [1.29, 1.82) is 0 Å². The summed E-state index contributed by atoms with van der Waals surface area (Å²) in [5.74, 6) is 0. The first-order valence-electron chi connectivity index (χ1n) is 18.6. The molecule has 0 unspecified atom stereocenters. The summed E-state index contributed by atoms with van der Waals surface area (Å²) in [6.45, 7) is 18.9. The van der Waals surface area contributed by atoms with E-state index in [2.05, 4.69) is 152 Å². The number of fused-ring (bicyclic) bond motifs is 3. The maximum atomic E-state index is 2.52. The summed E-state index contributed by atoms with van der Waals surface area (Å²) in [6, 6.07) is 31.9. The zero-order valence-electron chi connectivity index (χ0n) is 31.7. The first kappa shape index (κ1) is 40.5. The van der Waals surface area contributed by atoms with Gasteiger partial charge < -0.3 is 0 Å². The minimum atomic E-state index is -2.80. The molecule has 0 saturated carbocycles. The van der Waals surface area contributed by atoms with Crippen LogP contribution in [0.4, 0.5) is 0 Å². The second-order valence-electron chi connectivity index (χ2n) is 16.2. The van der Waals surface area contributed by atoms with Crippen molar-refractivity contribution in [3.8, 4) is 11.1 Å². The van der Waals surface area contributed by atoms with Gasteiger partial charge in [0.2, 0.25) is 0 Å². The fraction of sp³-hybridized carbons (Fsp3) is 0.383. The summed E-state index contributed by atoms with van der Waals surface area (Å²) in [6.07, 6.45) is 16.6. The third-order valence-corrected chi connectivity index (χ3v) is 18.2. The first-order chi connectivity index (χ1) is 23.0. The average molecular weight is 785 g/mol. The molecule has 6 rings (SSSR count). The number of halogens is 2. The molecule has 0 fully saturated rings. The van der Waals surface area contributed by atoms with E-state index in [9.17, 15) is 0 Å². The van der Waals surface area contributed by atoms with E-state index < -0.39 is 21.3 Å². The van der Waals surface area contributed by atoms with Crippen LogP contribution in [0.3, 0.4) is 0 Å². The standard InChI is InChI=1S/C21H25.C21H26.C5H5.2ClH.Zr/c1-20(2,3)16-7-9-18-14(12-16)11-15-13-17(21(4,5)6)8-10-19(15)18;1-3-5-7-18-9-13-20(14-10-18)17-21-15-11-19(12-16-21)8-6-4-2;1-2-4-5-3-1;;;/h7-10,12H,11H2,1-6H3;9-16H,3-8H2,1-2H3;1-3H,4H2;2*1H;. The van der Waals surface area contributed by atoms with E-state index in [0.29, 0.717) is 0 Å². The molecule has 0 aliphatic heterocycles. The minimum Gasteiger partial charge on any atom is -0.147 e. The van der Waals surface area contributed by atoms with Crippen LogP contribution in [0, 0.1) is 0 Å². The second-order valence-corrected chi connectivity index (χ2v) is 22.1. The summed E-state index contributed by atoms with van der Waals surface area (Å²) in [4.78, 5) is 0. The Morgan fingerprint density at radius 3 is 1.70 bits per heavy atom. The zero-order chi connectivity index (χ0) is 34.1. The average Bonchev–Trinajstić information content (AvgIpc) is 3.73. The van der Waals surface area contributed by atoms with Crippen molar-refractivity contribution in [2.24, 2.45) is 0 Å². The van der Waals surface area contributed by atoms with Gasteiger partial charge in [0.15, 0.2) is 0 Å². The van der Waals surface area contributed by atoms with Crippen LogP contribution in [-0.2, 0) is 51.4 Å². The van der Waals surface area contributed by atoms with Gasteiger partial charge in [-0.25, -0.2) is 0 Å². The SMILES string of the molecule is CCCCc1ccc([C](c2ccc(CCCC)cc2)=[Zr]([C]2=CC=CC2)[c]2c(C(C)(C)C)ccc3c2Cc2cc(C(C)(C)C)ccc2-3)cc1.Cl.Cl. The molecule has 3 heteroatoms. The van der Waals surface area contributed by atoms with Crippen molar-refractivity contribution in [3.63, 3.8) is 0 Å². The minimum absolute atomic E-state index is 0. The molecule has 2 aliphatic rings. The van der Waals surface area contributed by atoms with Crippen LogP contribution in [0.5, 0.6) is 0 Å². The zero-order valence-corrected chi connectivity index (χ0v) is 35.8. The van der Waals surface area contributed by atoms with Crippen molar-refractivity contribution in [3.05, 3.63) is 145 Å². The van der Waals surface area contributed by atoms with Crippen LogP contribution in [0.2, 0.25) is 0 Å². The van der Waals surface area contributed by atoms with Gasteiger partial charge >= 0.3 is 301 Å². The topological polar surface area (TPSA) is 0 Å². The van der Waals surface area contributed by atoms with Crippen molar-refractivity contribution in [1.82, 2.24) is 0 Å². The normalized spacial score (nSPS) is 13.2. The third kappa shape index (κ3) is 8.65. The summed E-state index contributed by atoms with van der Waals surface area (Å²) in [5, 5.41) is 0. The van der Waals surface area contributed by atoms with E-state index in [0.717, 1.165) is 25.7 Å². The number of rotatable bonds is 10. The Bertz CT molecular complexity index is 1820. The van der Waals surface area contributed by atoms with E-state index in [1.165, 1.54) is 70.2 Å². The smallest absolute Gasteiger partial charge is 0.147 e. The third-order valence-electron chi connectivity index (χ3n) is 10.5. The van der Waals surface area contributed by atoms with E-state index in [4.69, 9.17) is 0 Å². The fourth-order valence-electron chi connectivity index (χ4n) is 7.63. The van der Waals surface area contributed by atoms with Gasteiger partial charge in [0.05, 0.1) is 0 Å². The van der Waals surface area contributed by atoms with Crippen LogP contribution in [0.25, 0.3) is 11.1 Å². The molecule has 0 heterocycles. The second kappa shape index (κ2) is 17.0. The summed E-state index contributed by atoms with van der Waals surface area (Å²) >= 11 is -2.80. The number of aryl methyl sites for hydroxylation is 2. The molecule has 264 valence electrons. The molecule has 0 radical (unpaired) electrons. The van der Waals surface area contributed by atoms with Crippen molar-refractivity contribution in [2.75, 3.05) is 0 Å².